The third-order valence-corrected chi connectivity index (χ3v) is 2.99. The second-order valence-corrected chi connectivity index (χ2v) is 4.75. The molecule has 20 heavy (non-hydrogen) atoms. The summed E-state index contributed by atoms with van der Waals surface area (Å²) in [5.41, 5.74) is 1.50. The van der Waals surface area contributed by atoms with Gasteiger partial charge in [-0.25, -0.2) is 0 Å². The van der Waals surface area contributed by atoms with E-state index in [1.165, 1.54) is 12.0 Å². The zero-order valence-corrected chi connectivity index (χ0v) is 12.5. The largest absolute Gasteiger partial charge is 0.372 e. The normalized spacial score (nSPS) is 11.8. The molecule has 1 rings (SSSR count). The smallest absolute Gasteiger partial charge is 0.253 e. The summed E-state index contributed by atoms with van der Waals surface area (Å²) in [5, 5.41) is 2.81. The molecule has 0 saturated heterocycles. The highest BCUT2D eigenvalue weighted by Crippen LogP contribution is 2.07. The molecule has 0 aromatic heterocycles. The van der Waals surface area contributed by atoms with Crippen molar-refractivity contribution in [2.45, 2.75) is 26.0 Å². The molecule has 5 nitrogen and oxygen atoms in total. The van der Waals surface area contributed by atoms with Gasteiger partial charge in [-0.2, -0.15) is 0 Å². The molecule has 1 N–H and O–H groups in total. The number of hydrogen-bond donors (Lipinski definition) is 1. The Balaban J connectivity index is 2.68. The molecule has 0 heterocycles. The number of benzene rings is 1. The van der Waals surface area contributed by atoms with E-state index in [-0.39, 0.29) is 11.8 Å². The first-order chi connectivity index (χ1) is 9.49. The molecule has 1 atom stereocenters. The van der Waals surface area contributed by atoms with E-state index in [0.29, 0.717) is 18.5 Å². The van der Waals surface area contributed by atoms with Crippen molar-refractivity contribution in [2.75, 3.05) is 21.2 Å². The van der Waals surface area contributed by atoms with Crippen molar-refractivity contribution in [1.29, 1.82) is 0 Å². The number of hydrogen-bond acceptors (Lipinski definition) is 3. The Morgan fingerprint density at radius 2 is 2.05 bits per heavy atom. The first kappa shape index (κ1) is 16.2. The number of carbonyl (C=O) groups excluding carboxylic acids is 2. The number of carbonyl (C=O) groups is 2. The van der Waals surface area contributed by atoms with Crippen molar-refractivity contribution in [2.24, 2.45) is 0 Å². The molecule has 0 bridgehead atoms. The molecule has 0 saturated carbocycles. The van der Waals surface area contributed by atoms with Crippen molar-refractivity contribution < 1.29 is 14.3 Å². The summed E-state index contributed by atoms with van der Waals surface area (Å²) in [4.78, 5) is 25.2. The molecule has 0 unspecified atom stereocenters. The summed E-state index contributed by atoms with van der Waals surface area (Å²) >= 11 is 0. The van der Waals surface area contributed by atoms with Crippen LogP contribution < -0.4 is 5.32 Å². The van der Waals surface area contributed by atoms with Crippen LogP contribution in [0.4, 0.5) is 0 Å². The topological polar surface area (TPSA) is 58.6 Å². The van der Waals surface area contributed by atoms with Gasteiger partial charge in [0.2, 0.25) is 5.91 Å². The fourth-order valence-electron chi connectivity index (χ4n) is 1.83. The van der Waals surface area contributed by atoms with Crippen LogP contribution in [0.3, 0.4) is 0 Å². The van der Waals surface area contributed by atoms with Gasteiger partial charge in [0.25, 0.3) is 5.91 Å². The lowest BCUT2D eigenvalue weighted by atomic mass is 10.1. The summed E-state index contributed by atoms with van der Waals surface area (Å²) in [5.74, 6) is -0.194. The maximum atomic E-state index is 11.9. The van der Waals surface area contributed by atoms with Crippen molar-refractivity contribution >= 4 is 11.8 Å². The van der Waals surface area contributed by atoms with E-state index in [0.717, 1.165) is 5.56 Å². The number of amides is 2. The zero-order valence-electron chi connectivity index (χ0n) is 12.5. The third-order valence-electron chi connectivity index (χ3n) is 2.99. The van der Waals surface area contributed by atoms with E-state index in [1.807, 2.05) is 19.1 Å². The van der Waals surface area contributed by atoms with Crippen LogP contribution in [0.1, 0.15) is 29.3 Å². The van der Waals surface area contributed by atoms with Crippen LogP contribution in [0.15, 0.2) is 24.3 Å². The van der Waals surface area contributed by atoms with Gasteiger partial charge < -0.3 is 15.0 Å². The monoisotopic (exact) mass is 278 g/mol. The van der Waals surface area contributed by atoms with E-state index < -0.39 is 6.10 Å². The van der Waals surface area contributed by atoms with Crippen molar-refractivity contribution in [3.63, 3.8) is 0 Å². The molecular formula is C15H22N2O3. The van der Waals surface area contributed by atoms with Crippen LogP contribution in [0, 0.1) is 0 Å². The Labute approximate surface area is 119 Å². The van der Waals surface area contributed by atoms with Gasteiger partial charge in [0.15, 0.2) is 0 Å². The van der Waals surface area contributed by atoms with E-state index in [4.69, 9.17) is 4.74 Å². The molecule has 0 aliphatic rings. The molecule has 0 spiro atoms. The van der Waals surface area contributed by atoms with E-state index in [9.17, 15) is 9.59 Å². The highest BCUT2D eigenvalue weighted by molar-refractivity contribution is 5.94. The van der Waals surface area contributed by atoms with Gasteiger partial charge in [0.05, 0.1) is 0 Å². The van der Waals surface area contributed by atoms with Crippen molar-refractivity contribution in [3.05, 3.63) is 35.4 Å². The van der Waals surface area contributed by atoms with Gasteiger partial charge in [0, 0.05) is 33.3 Å². The molecule has 2 amide bonds. The third kappa shape index (κ3) is 4.35. The van der Waals surface area contributed by atoms with Gasteiger partial charge in [-0.05, 0) is 24.1 Å². The molecule has 110 valence electrons. The van der Waals surface area contributed by atoms with Crippen LogP contribution in [0.2, 0.25) is 0 Å². The van der Waals surface area contributed by atoms with E-state index in [2.05, 4.69) is 5.32 Å². The standard InChI is InChI=1S/C15H22N2O3/c1-5-13(20-4)14(18)16-10-11-7-6-8-12(9-11)15(19)17(2)3/h6-9,13H,5,10H2,1-4H3,(H,16,18)/t13-/m1/s1. The Bertz CT molecular complexity index is 468. The van der Waals surface area contributed by atoms with Crippen LogP contribution in [0.25, 0.3) is 0 Å². The summed E-state index contributed by atoms with van der Waals surface area (Å²) in [7, 11) is 4.94. The molecular weight excluding hydrogens is 256 g/mol. The highest BCUT2D eigenvalue weighted by Gasteiger charge is 2.15. The van der Waals surface area contributed by atoms with Crippen molar-refractivity contribution in [3.8, 4) is 0 Å². The Morgan fingerprint density at radius 3 is 2.60 bits per heavy atom. The average molecular weight is 278 g/mol. The molecule has 1 aromatic carbocycles. The predicted octanol–water partition coefficient (Wildman–Crippen LogP) is 1.43. The molecule has 0 radical (unpaired) electrons. The predicted molar refractivity (Wildman–Crippen MR) is 77.4 cm³/mol. The first-order valence-corrected chi connectivity index (χ1v) is 6.60. The number of rotatable bonds is 6. The number of nitrogens with one attached hydrogen (secondary N) is 1. The molecule has 1 aromatic rings. The lowest BCUT2D eigenvalue weighted by molar-refractivity contribution is -0.131. The Hall–Kier alpha value is -1.88. The van der Waals surface area contributed by atoms with Crippen molar-refractivity contribution in [1.82, 2.24) is 10.2 Å². The maximum absolute atomic E-state index is 11.9. The lowest BCUT2D eigenvalue weighted by Crippen LogP contribution is -2.35. The molecule has 0 fully saturated rings. The minimum atomic E-state index is -0.429. The summed E-state index contributed by atoms with van der Waals surface area (Å²) in [6.45, 7) is 2.28. The average Bonchev–Trinajstić information content (AvgIpc) is 2.45. The van der Waals surface area contributed by atoms with Crippen LogP contribution >= 0.6 is 0 Å². The number of ether oxygens (including phenoxy) is 1. The molecule has 0 aliphatic carbocycles. The Kier molecular flexibility index (Phi) is 6.18. The van der Waals surface area contributed by atoms with Gasteiger partial charge in [-0.1, -0.05) is 19.1 Å². The highest BCUT2D eigenvalue weighted by atomic mass is 16.5. The summed E-state index contributed by atoms with van der Waals surface area (Å²) in [6, 6.07) is 7.24. The first-order valence-electron chi connectivity index (χ1n) is 6.60. The fourth-order valence-corrected chi connectivity index (χ4v) is 1.83. The minimum absolute atomic E-state index is 0.0542. The van der Waals surface area contributed by atoms with Gasteiger partial charge in [-0.3, -0.25) is 9.59 Å². The number of nitrogens with zero attached hydrogens (tertiary/aromatic N) is 1. The van der Waals surface area contributed by atoms with Crippen LogP contribution in [-0.2, 0) is 16.1 Å². The van der Waals surface area contributed by atoms with Gasteiger partial charge in [-0.15, -0.1) is 0 Å². The summed E-state index contributed by atoms with van der Waals surface area (Å²) in [6.07, 6.45) is 0.197. The van der Waals surface area contributed by atoms with E-state index in [1.54, 1.807) is 26.2 Å². The lowest BCUT2D eigenvalue weighted by Gasteiger charge is -2.14. The molecule has 5 heteroatoms. The second kappa shape index (κ2) is 7.65. The molecule has 0 aliphatic heterocycles. The second-order valence-electron chi connectivity index (χ2n) is 4.75. The number of methoxy groups -OCH3 is 1. The van der Waals surface area contributed by atoms with Crippen LogP contribution in [-0.4, -0.2) is 44.0 Å². The quantitative estimate of drug-likeness (QED) is 0.856. The fraction of sp³-hybridized carbons (Fsp3) is 0.467. The SMILES string of the molecule is CC[C@@H](OC)C(=O)NCc1cccc(C(=O)N(C)C)c1. The van der Waals surface area contributed by atoms with E-state index >= 15 is 0 Å². The van der Waals surface area contributed by atoms with Crippen LogP contribution in [0.5, 0.6) is 0 Å². The Morgan fingerprint density at radius 1 is 1.35 bits per heavy atom. The zero-order chi connectivity index (χ0) is 15.1. The maximum Gasteiger partial charge on any atom is 0.253 e. The minimum Gasteiger partial charge on any atom is -0.372 e. The van der Waals surface area contributed by atoms with Gasteiger partial charge >= 0.3 is 0 Å². The van der Waals surface area contributed by atoms with Gasteiger partial charge in [0.1, 0.15) is 6.10 Å². The summed E-state index contributed by atoms with van der Waals surface area (Å²) < 4.78 is 5.07.